The molecule has 5 heteroatoms. The van der Waals surface area contributed by atoms with Gasteiger partial charge in [0.25, 0.3) is 5.91 Å². The maximum Gasteiger partial charge on any atom is 0.271 e. The van der Waals surface area contributed by atoms with E-state index in [2.05, 4.69) is 52.0 Å². The maximum atomic E-state index is 11.4. The van der Waals surface area contributed by atoms with E-state index in [1.165, 1.54) is 5.56 Å². The largest absolute Gasteiger partial charge is 0.366 e. The molecule has 1 amide bonds. The monoisotopic (exact) mass is 284 g/mol. The van der Waals surface area contributed by atoms with E-state index in [9.17, 15) is 4.79 Å². The van der Waals surface area contributed by atoms with Crippen LogP contribution >= 0.6 is 0 Å². The fourth-order valence-corrected chi connectivity index (χ4v) is 2.01. The number of nitrogens with one attached hydrogen (secondary N) is 2. The Hall–Kier alpha value is -2.43. The Labute approximate surface area is 124 Å². The first-order valence-electron chi connectivity index (χ1n) is 7.05. The normalized spacial score (nSPS) is 11.7. The van der Waals surface area contributed by atoms with E-state index in [1.54, 1.807) is 19.2 Å². The van der Waals surface area contributed by atoms with E-state index >= 15 is 0 Å². The highest BCUT2D eigenvalue weighted by atomic mass is 16.1. The van der Waals surface area contributed by atoms with Gasteiger partial charge < -0.3 is 10.6 Å². The van der Waals surface area contributed by atoms with Gasteiger partial charge >= 0.3 is 0 Å². The first-order valence-corrected chi connectivity index (χ1v) is 7.05. The molecule has 1 unspecified atom stereocenters. The molecule has 2 rings (SSSR count). The third-order valence-electron chi connectivity index (χ3n) is 3.23. The molecule has 2 N–H and O–H groups in total. The van der Waals surface area contributed by atoms with Crippen molar-refractivity contribution in [3.63, 3.8) is 0 Å². The van der Waals surface area contributed by atoms with Gasteiger partial charge in [-0.25, -0.2) is 0 Å². The fourth-order valence-electron chi connectivity index (χ4n) is 2.01. The molecule has 1 heterocycles. The second-order valence-electron chi connectivity index (χ2n) is 4.95. The first-order chi connectivity index (χ1) is 10.2. The van der Waals surface area contributed by atoms with Crippen molar-refractivity contribution >= 4 is 11.7 Å². The number of hydrogen-bond acceptors (Lipinski definition) is 4. The van der Waals surface area contributed by atoms with Crippen LogP contribution in [0.25, 0.3) is 0 Å². The third kappa shape index (κ3) is 4.56. The summed E-state index contributed by atoms with van der Waals surface area (Å²) in [6.07, 6.45) is 2.02. The van der Waals surface area contributed by atoms with E-state index in [-0.39, 0.29) is 11.9 Å². The molecule has 0 saturated heterocycles. The molecule has 1 atom stereocenters. The van der Waals surface area contributed by atoms with Crippen molar-refractivity contribution < 1.29 is 4.79 Å². The second-order valence-corrected chi connectivity index (χ2v) is 4.95. The van der Waals surface area contributed by atoms with Gasteiger partial charge in [0.15, 0.2) is 5.69 Å². The number of nitrogens with zero attached hydrogens (tertiary/aromatic N) is 2. The van der Waals surface area contributed by atoms with Crippen LogP contribution in [0.3, 0.4) is 0 Å². The van der Waals surface area contributed by atoms with Crippen LogP contribution < -0.4 is 10.6 Å². The summed E-state index contributed by atoms with van der Waals surface area (Å²) in [5.41, 5.74) is 1.65. The summed E-state index contributed by atoms with van der Waals surface area (Å²) in [5.74, 6) is 0.453. The van der Waals surface area contributed by atoms with Gasteiger partial charge in [-0.05, 0) is 37.5 Å². The summed E-state index contributed by atoms with van der Waals surface area (Å²) in [6, 6.07) is 14.1. The Morgan fingerprint density at radius 2 is 1.90 bits per heavy atom. The molecule has 0 spiro atoms. The van der Waals surface area contributed by atoms with E-state index < -0.39 is 0 Å². The van der Waals surface area contributed by atoms with Crippen LogP contribution in [-0.4, -0.2) is 29.2 Å². The molecule has 0 bridgehead atoms. The van der Waals surface area contributed by atoms with Gasteiger partial charge in [-0.3, -0.25) is 4.79 Å². The van der Waals surface area contributed by atoms with E-state index in [1.807, 2.05) is 6.07 Å². The van der Waals surface area contributed by atoms with Crippen LogP contribution in [0.5, 0.6) is 0 Å². The van der Waals surface area contributed by atoms with Crippen molar-refractivity contribution in [2.75, 3.05) is 12.4 Å². The fraction of sp³-hybridized carbons (Fsp3) is 0.312. The highest BCUT2D eigenvalue weighted by Gasteiger charge is 2.07. The smallest absolute Gasteiger partial charge is 0.271 e. The summed E-state index contributed by atoms with van der Waals surface area (Å²) in [6.45, 7) is 2.11. The van der Waals surface area contributed by atoms with Crippen molar-refractivity contribution in [2.24, 2.45) is 0 Å². The quantitative estimate of drug-likeness (QED) is 0.854. The third-order valence-corrected chi connectivity index (χ3v) is 3.23. The molecule has 1 aromatic carbocycles. The van der Waals surface area contributed by atoms with Crippen molar-refractivity contribution in [1.29, 1.82) is 0 Å². The highest BCUT2D eigenvalue weighted by molar-refractivity contribution is 5.91. The van der Waals surface area contributed by atoms with Crippen LogP contribution in [-0.2, 0) is 6.42 Å². The van der Waals surface area contributed by atoms with Gasteiger partial charge in [-0.2, -0.15) is 0 Å². The van der Waals surface area contributed by atoms with Crippen LogP contribution in [0.2, 0.25) is 0 Å². The zero-order valence-electron chi connectivity index (χ0n) is 12.3. The van der Waals surface area contributed by atoms with Gasteiger partial charge in [0.05, 0.1) is 0 Å². The molecule has 2 aromatic rings. The standard InChI is InChI=1S/C16H20N4O/c1-12(8-9-13-6-4-3-5-7-13)18-15-11-10-14(19-20-15)16(21)17-2/h3-7,10-12H,8-9H2,1-2H3,(H,17,21)(H,18,20). The van der Waals surface area contributed by atoms with Crippen molar-refractivity contribution in [1.82, 2.24) is 15.5 Å². The number of carbonyl (C=O) groups is 1. The molecule has 0 aliphatic rings. The summed E-state index contributed by atoms with van der Waals surface area (Å²) in [5, 5.41) is 13.7. The number of carbonyl (C=O) groups excluding carboxylic acids is 1. The predicted molar refractivity (Wildman–Crippen MR) is 83.3 cm³/mol. The number of aryl methyl sites for hydroxylation is 1. The lowest BCUT2D eigenvalue weighted by Crippen LogP contribution is -2.21. The molecular weight excluding hydrogens is 264 g/mol. The molecule has 0 aliphatic carbocycles. The second kappa shape index (κ2) is 7.38. The van der Waals surface area contributed by atoms with E-state index in [0.717, 1.165) is 12.8 Å². The van der Waals surface area contributed by atoms with Gasteiger partial charge in [-0.15, -0.1) is 10.2 Å². The number of anilines is 1. The van der Waals surface area contributed by atoms with Crippen molar-refractivity contribution in [3.05, 3.63) is 53.7 Å². The molecule has 110 valence electrons. The SMILES string of the molecule is CNC(=O)c1ccc(NC(C)CCc2ccccc2)nn1. The minimum absolute atomic E-state index is 0.230. The molecule has 0 saturated carbocycles. The molecule has 5 nitrogen and oxygen atoms in total. The lowest BCUT2D eigenvalue weighted by Gasteiger charge is -2.14. The minimum Gasteiger partial charge on any atom is -0.366 e. The maximum absolute atomic E-state index is 11.4. The molecule has 0 fully saturated rings. The Morgan fingerprint density at radius 3 is 2.52 bits per heavy atom. The van der Waals surface area contributed by atoms with Gasteiger partial charge in [0, 0.05) is 13.1 Å². The number of aromatic nitrogens is 2. The van der Waals surface area contributed by atoms with Crippen LogP contribution in [0, 0.1) is 0 Å². The Kier molecular flexibility index (Phi) is 5.26. The number of amides is 1. The van der Waals surface area contributed by atoms with Gasteiger partial charge in [-0.1, -0.05) is 30.3 Å². The molecule has 0 aliphatic heterocycles. The lowest BCUT2D eigenvalue weighted by molar-refractivity contribution is 0.0957. The van der Waals surface area contributed by atoms with Gasteiger partial charge in [0.1, 0.15) is 5.82 Å². The number of rotatable bonds is 6. The molecule has 0 radical (unpaired) electrons. The lowest BCUT2D eigenvalue weighted by atomic mass is 10.1. The van der Waals surface area contributed by atoms with Crippen molar-refractivity contribution in [3.8, 4) is 0 Å². The molecule has 1 aromatic heterocycles. The number of benzene rings is 1. The summed E-state index contributed by atoms with van der Waals surface area (Å²) in [7, 11) is 1.57. The van der Waals surface area contributed by atoms with Crippen LogP contribution in [0.1, 0.15) is 29.4 Å². The summed E-state index contributed by atoms with van der Waals surface area (Å²) in [4.78, 5) is 11.4. The van der Waals surface area contributed by atoms with Crippen molar-refractivity contribution in [2.45, 2.75) is 25.8 Å². The van der Waals surface area contributed by atoms with Gasteiger partial charge in [0.2, 0.25) is 0 Å². The average Bonchev–Trinajstić information content (AvgIpc) is 2.54. The minimum atomic E-state index is -0.230. The van der Waals surface area contributed by atoms with Crippen LogP contribution in [0.4, 0.5) is 5.82 Å². The average molecular weight is 284 g/mol. The first kappa shape index (κ1) is 15.0. The zero-order valence-corrected chi connectivity index (χ0v) is 12.3. The highest BCUT2D eigenvalue weighted by Crippen LogP contribution is 2.09. The Bertz CT molecular complexity index is 569. The summed E-state index contributed by atoms with van der Waals surface area (Å²) < 4.78 is 0. The van der Waals surface area contributed by atoms with Crippen LogP contribution in [0.15, 0.2) is 42.5 Å². The molecule has 21 heavy (non-hydrogen) atoms. The zero-order chi connectivity index (χ0) is 15.1. The van der Waals surface area contributed by atoms with E-state index in [0.29, 0.717) is 11.5 Å². The number of hydrogen-bond donors (Lipinski definition) is 2. The summed E-state index contributed by atoms with van der Waals surface area (Å²) >= 11 is 0. The Morgan fingerprint density at radius 1 is 1.14 bits per heavy atom. The Balaban J connectivity index is 1.85. The van der Waals surface area contributed by atoms with E-state index in [4.69, 9.17) is 0 Å². The topological polar surface area (TPSA) is 66.9 Å². The molecular formula is C16H20N4O. The predicted octanol–water partition coefficient (Wildman–Crippen LogP) is 2.27.